The molecule has 0 radical (unpaired) electrons. The van der Waals surface area contributed by atoms with E-state index in [1.807, 2.05) is 0 Å². The van der Waals surface area contributed by atoms with Gasteiger partial charge in [0, 0.05) is 16.9 Å². The summed E-state index contributed by atoms with van der Waals surface area (Å²) in [5, 5.41) is 3.54. The largest absolute Gasteiger partial charge is 0.316 e. The zero-order valence-electron chi connectivity index (χ0n) is 11.3. The fourth-order valence-electron chi connectivity index (χ4n) is 3.05. The monoisotopic (exact) mass is 351 g/mol. The third kappa shape index (κ3) is 3.43. The molecule has 3 heteroatoms. The van der Waals surface area contributed by atoms with Crippen LogP contribution in [0, 0.1) is 0 Å². The number of halogens is 2. The maximum atomic E-state index is 3.59. The molecule has 1 N–H and O–H groups in total. The summed E-state index contributed by atoms with van der Waals surface area (Å²) >= 11 is 3.59. The molecule has 0 aromatic heterocycles. The van der Waals surface area contributed by atoms with Crippen molar-refractivity contribution in [2.24, 2.45) is 0 Å². The van der Waals surface area contributed by atoms with E-state index < -0.39 is 0 Å². The van der Waals surface area contributed by atoms with Crippen LogP contribution in [0.3, 0.4) is 0 Å². The molecule has 1 aliphatic heterocycles. The van der Waals surface area contributed by atoms with Crippen molar-refractivity contribution in [3.05, 3.63) is 70.2 Å². The smallest absolute Gasteiger partial charge is 0.0178 e. The summed E-state index contributed by atoms with van der Waals surface area (Å²) in [6.45, 7) is 2.18. The van der Waals surface area contributed by atoms with Crippen molar-refractivity contribution in [1.82, 2.24) is 5.32 Å². The van der Waals surface area contributed by atoms with Gasteiger partial charge in [-0.2, -0.15) is 0 Å². The van der Waals surface area contributed by atoms with Crippen LogP contribution in [-0.4, -0.2) is 13.1 Å². The highest BCUT2D eigenvalue weighted by Gasteiger charge is 2.27. The molecule has 2 aromatic rings. The Morgan fingerprint density at radius 3 is 2.40 bits per heavy atom. The van der Waals surface area contributed by atoms with Crippen LogP contribution in [0.2, 0.25) is 0 Å². The number of hydrogen-bond donors (Lipinski definition) is 1. The van der Waals surface area contributed by atoms with Crippen molar-refractivity contribution in [3.63, 3.8) is 0 Å². The van der Waals surface area contributed by atoms with Crippen molar-refractivity contribution < 1.29 is 0 Å². The molecule has 2 aromatic carbocycles. The van der Waals surface area contributed by atoms with E-state index in [0.717, 1.165) is 13.1 Å². The summed E-state index contributed by atoms with van der Waals surface area (Å²) in [5.74, 6) is 1.19. The molecule has 3 rings (SSSR count). The average Bonchev–Trinajstić information content (AvgIpc) is 2.48. The summed E-state index contributed by atoms with van der Waals surface area (Å²) in [7, 11) is 0. The van der Waals surface area contributed by atoms with E-state index in [9.17, 15) is 0 Å². The van der Waals surface area contributed by atoms with Gasteiger partial charge < -0.3 is 5.32 Å². The van der Waals surface area contributed by atoms with Crippen molar-refractivity contribution in [2.75, 3.05) is 13.1 Å². The molecule has 0 aliphatic carbocycles. The van der Waals surface area contributed by atoms with E-state index in [1.54, 1.807) is 0 Å². The maximum absolute atomic E-state index is 3.59. The first kappa shape index (κ1) is 15.6. The number of nitrogens with one attached hydrogen (secondary N) is 1. The fraction of sp³-hybridized carbons (Fsp3) is 0.294. The third-order valence-corrected chi connectivity index (χ3v) is 4.48. The molecule has 1 nitrogen and oxygen atoms in total. The Labute approximate surface area is 135 Å². The van der Waals surface area contributed by atoms with Gasteiger partial charge in [0.15, 0.2) is 0 Å². The molecule has 1 saturated heterocycles. The van der Waals surface area contributed by atoms with Crippen LogP contribution in [-0.2, 0) is 0 Å². The minimum absolute atomic E-state index is 0. The molecule has 2 atom stereocenters. The number of piperidine rings is 1. The average molecular weight is 353 g/mol. The molecule has 1 fully saturated rings. The van der Waals surface area contributed by atoms with Gasteiger partial charge in [-0.3, -0.25) is 0 Å². The van der Waals surface area contributed by atoms with Gasteiger partial charge >= 0.3 is 0 Å². The lowest BCUT2D eigenvalue weighted by molar-refractivity contribution is 0.404. The molecule has 0 amide bonds. The molecule has 20 heavy (non-hydrogen) atoms. The van der Waals surface area contributed by atoms with Crippen molar-refractivity contribution >= 4 is 28.3 Å². The van der Waals surface area contributed by atoms with Crippen molar-refractivity contribution in [2.45, 2.75) is 18.3 Å². The zero-order valence-corrected chi connectivity index (χ0v) is 13.7. The molecule has 0 bridgehead atoms. The highest BCUT2D eigenvalue weighted by Crippen LogP contribution is 2.37. The Kier molecular flexibility index (Phi) is 5.64. The number of rotatable bonds is 2. The summed E-state index contributed by atoms with van der Waals surface area (Å²) in [4.78, 5) is 0. The van der Waals surface area contributed by atoms with Crippen molar-refractivity contribution in [1.29, 1.82) is 0 Å². The Balaban J connectivity index is 0.00000147. The van der Waals surface area contributed by atoms with Crippen LogP contribution in [0.25, 0.3) is 0 Å². The van der Waals surface area contributed by atoms with Gasteiger partial charge in [-0.15, -0.1) is 12.4 Å². The van der Waals surface area contributed by atoms with Gasteiger partial charge in [-0.25, -0.2) is 0 Å². The minimum Gasteiger partial charge on any atom is -0.316 e. The van der Waals surface area contributed by atoms with Gasteiger partial charge in [-0.05, 0) is 42.1 Å². The Morgan fingerprint density at radius 2 is 1.65 bits per heavy atom. The predicted octanol–water partition coefficient (Wildman–Crippen LogP) is 4.73. The van der Waals surface area contributed by atoms with E-state index in [1.165, 1.54) is 22.0 Å². The Bertz CT molecular complexity index is 544. The summed E-state index contributed by atoms with van der Waals surface area (Å²) in [6.07, 6.45) is 1.20. The summed E-state index contributed by atoms with van der Waals surface area (Å²) < 4.78 is 1.18. The first-order valence-corrected chi connectivity index (χ1v) is 7.65. The van der Waals surface area contributed by atoms with Gasteiger partial charge in [0.1, 0.15) is 0 Å². The van der Waals surface area contributed by atoms with E-state index in [0.29, 0.717) is 11.8 Å². The first-order valence-electron chi connectivity index (χ1n) is 6.86. The molecule has 0 saturated carbocycles. The zero-order chi connectivity index (χ0) is 13.1. The molecule has 0 unspecified atom stereocenters. The molecule has 1 aliphatic rings. The van der Waals surface area contributed by atoms with Crippen LogP contribution < -0.4 is 5.32 Å². The normalized spacial score (nSPS) is 22.1. The van der Waals surface area contributed by atoms with E-state index in [4.69, 9.17) is 0 Å². The maximum Gasteiger partial charge on any atom is 0.0178 e. The number of benzene rings is 2. The van der Waals surface area contributed by atoms with Gasteiger partial charge in [0.05, 0.1) is 0 Å². The fourth-order valence-corrected chi connectivity index (χ4v) is 3.46. The van der Waals surface area contributed by atoms with Crippen LogP contribution in [0.4, 0.5) is 0 Å². The topological polar surface area (TPSA) is 12.0 Å². The Hall–Kier alpha value is -0.830. The van der Waals surface area contributed by atoms with Gasteiger partial charge in [-0.1, -0.05) is 58.4 Å². The lowest BCUT2D eigenvalue weighted by Crippen LogP contribution is -2.34. The van der Waals surface area contributed by atoms with E-state index in [-0.39, 0.29) is 12.4 Å². The molecular weight excluding hydrogens is 334 g/mol. The second kappa shape index (κ2) is 7.26. The third-order valence-electron chi connectivity index (χ3n) is 3.99. The van der Waals surface area contributed by atoms with Crippen molar-refractivity contribution in [3.8, 4) is 0 Å². The van der Waals surface area contributed by atoms with Gasteiger partial charge in [0.25, 0.3) is 0 Å². The predicted molar refractivity (Wildman–Crippen MR) is 90.8 cm³/mol. The second-order valence-corrected chi connectivity index (χ2v) is 6.09. The van der Waals surface area contributed by atoms with Gasteiger partial charge in [0.2, 0.25) is 0 Å². The lowest BCUT2D eigenvalue weighted by Gasteiger charge is -2.33. The minimum atomic E-state index is 0. The highest BCUT2D eigenvalue weighted by molar-refractivity contribution is 9.10. The Morgan fingerprint density at radius 1 is 0.900 bits per heavy atom. The molecule has 106 valence electrons. The van der Waals surface area contributed by atoms with Crippen LogP contribution in [0.1, 0.15) is 29.4 Å². The lowest BCUT2D eigenvalue weighted by atomic mass is 9.77. The highest BCUT2D eigenvalue weighted by atomic mass is 79.9. The number of hydrogen-bond acceptors (Lipinski definition) is 1. The van der Waals surface area contributed by atoms with E-state index >= 15 is 0 Å². The van der Waals surface area contributed by atoms with Crippen LogP contribution in [0.15, 0.2) is 59.1 Å². The molecule has 1 heterocycles. The second-order valence-electron chi connectivity index (χ2n) is 5.17. The molecular formula is C17H19BrClN. The van der Waals surface area contributed by atoms with E-state index in [2.05, 4.69) is 75.8 Å². The SMILES string of the molecule is Brc1cccc([C@@H]2CCNC[C@@H]2c2ccccc2)c1.Cl. The quantitative estimate of drug-likeness (QED) is 0.824. The standard InChI is InChI=1S/C17H18BrN.ClH/c18-15-8-4-7-14(11-15)16-9-10-19-12-17(16)13-5-2-1-3-6-13;/h1-8,11,16-17,19H,9-10,12H2;1H/t16-,17+;/m0./s1. The van der Waals surface area contributed by atoms with Crippen LogP contribution in [0.5, 0.6) is 0 Å². The summed E-state index contributed by atoms with van der Waals surface area (Å²) in [5.41, 5.74) is 2.89. The molecule has 0 spiro atoms. The first-order chi connectivity index (χ1) is 9.34. The summed E-state index contributed by atoms with van der Waals surface area (Å²) in [6, 6.07) is 19.7. The van der Waals surface area contributed by atoms with Crippen LogP contribution >= 0.6 is 28.3 Å².